The highest BCUT2D eigenvalue weighted by atomic mass is 35.5. The molecule has 0 spiro atoms. The van der Waals surface area contributed by atoms with Crippen molar-refractivity contribution in [2.75, 3.05) is 5.88 Å². The molecule has 1 heteroatoms. The lowest BCUT2D eigenvalue weighted by molar-refractivity contribution is 1.24. The average Bonchev–Trinajstić information content (AvgIpc) is 2.76. The molecular formula is C17H15Cl. The van der Waals surface area contributed by atoms with Crippen molar-refractivity contribution in [2.45, 2.75) is 12.8 Å². The van der Waals surface area contributed by atoms with E-state index < -0.39 is 0 Å². The highest BCUT2D eigenvalue weighted by Crippen LogP contribution is 2.36. The SMILES string of the molecule is ClCCC=Cc1ccc2c(c1)Cc1ccccc1-2. The van der Waals surface area contributed by atoms with E-state index in [0.29, 0.717) is 5.88 Å². The standard InChI is InChI=1S/C17H15Cl/c18-10-4-3-5-13-8-9-17-15(11-13)12-14-6-1-2-7-16(14)17/h1-3,5-9,11H,4,10,12H2. The Labute approximate surface area is 113 Å². The third-order valence-corrected chi connectivity index (χ3v) is 3.62. The Morgan fingerprint density at radius 2 is 1.83 bits per heavy atom. The molecule has 90 valence electrons. The first-order valence-electron chi connectivity index (χ1n) is 6.32. The second-order valence-corrected chi connectivity index (χ2v) is 5.01. The molecule has 0 amide bonds. The van der Waals surface area contributed by atoms with Gasteiger partial charge in [0.05, 0.1) is 0 Å². The molecule has 0 saturated carbocycles. The number of benzene rings is 2. The van der Waals surface area contributed by atoms with Crippen LogP contribution in [0.25, 0.3) is 17.2 Å². The van der Waals surface area contributed by atoms with Crippen LogP contribution in [0, 0.1) is 0 Å². The highest BCUT2D eigenvalue weighted by molar-refractivity contribution is 6.17. The van der Waals surface area contributed by atoms with Gasteiger partial charge in [-0.15, -0.1) is 11.6 Å². The van der Waals surface area contributed by atoms with Crippen LogP contribution in [-0.4, -0.2) is 5.88 Å². The van der Waals surface area contributed by atoms with Gasteiger partial charge in [-0.1, -0.05) is 54.6 Å². The highest BCUT2D eigenvalue weighted by Gasteiger charge is 2.17. The molecule has 1 aliphatic carbocycles. The molecular weight excluding hydrogens is 240 g/mol. The molecule has 0 saturated heterocycles. The maximum Gasteiger partial charge on any atom is 0.0258 e. The topological polar surface area (TPSA) is 0 Å². The third-order valence-electron chi connectivity index (χ3n) is 3.40. The van der Waals surface area contributed by atoms with E-state index in [1.54, 1.807) is 0 Å². The van der Waals surface area contributed by atoms with Crippen LogP contribution >= 0.6 is 11.6 Å². The van der Waals surface area contributed by atoms with E-state index in [1.165, 1.54) is 27.8 Å². The molecule has 0 unspecified atom stereocenters. The first-order chi connectivity index (χ1) is 8.88. The Morgan fingerprint density at radius 1 is 1.00 bits per heavy atom. The average molecular weight is 255 g/mol. The van der Waals surface area contributed by atoms with Crippen molar-refractivity contribution in [3.63, 3.8) is 0 Å². The number of allylic oxidation sites excluding steroid dienone is 1. The van der Waals surface area contributed by atoms with E-state index in [9.17, 15) is 0 Å². The number of fused-ring (bicyclic) bond motifs is 3. The minimum Gasteiger partial charge on any atom is -0.126 e. The van der Waals surface area contributed by atoms with E-state index in [-0.39, 0.29) is 0 Å². The van der Waals surface area contributed by atoms with Gasteiger partial charge in [0, 0.05) is 5.88 Å². The summed E-state index contributed by atoms with van der Waals surface area (Å²) in [5.74, 6) is 0.687. The fraction of sp³-hybridized carbons (Fsp3) is 0.176. The number of hydrogen-bond acceptors (Lipinski definition) is 0. The maximum atomic E-state index is 5.67. The van der Waals surface area contributed by atoms with Gasteiger partial charge in [0.25, 0.3) is 0 Å². The molecule has 0 atom stereocenters. The molecule has 2 aromatic rings. The van der Waals surface area contributed by atoms with Crippen LogP contribution in [-0.2, 0) is 6.42 Å². The van der Waals surface area contributed by atoms with Gasteiger partial charge in [0.15, 0.2) is 0 Å². The molecule has 0 heterocycles. The zero-order valence-electron chi connectivity index (χ0n) is 10.2. The zero-order chi connectivity index (χ0) is 12.4. The van der Waals surface area contributed by atoms with Crippen molar-refractivity contribution >= 4 is 17.7 Å². The van der Waals surface area contributed by atoms with Crippen LogP contribution in [0.3, 0.4) is 0 Å². The van der Waals surface area contributed by atoms with E-state index >= 15 is 0 Å². The molecule has 1 aliphatic rings. The number of alkyl halides is 1. The molecule has 3 rings (SSSR count). The summed E-state index contributed by atoms with van der Waals surface area (Å²) in [5.41, 5.74) is 6.93. The van der Waals surface area contributed by atoms with Crippen molar-refractivity contribution in [1.29, 1.82) is 0 Å². The van der Waals surface area contributed by atoms with Crippen molar-refractivity contribution in [3.05, 3.63) is 65.2 Å². The summed E-state index contributed by atoms with van der Waals surface area (Å²) < 4.78 is 0. The molecule has 0 bridgehead atoms. The number of rotatable bonds is 3. The molecule has 0 fully saturated rings. The van der Waals surface area contributed by atoms with Gasteiger partial charge >= 0.3 is 0 Å². The second-order valence-electron chi connectivity index (χ2n) is 4.63. The fourth-order valence-electron chi connectivity index (χ4n) is 2.55. The summed E-state index contributed by atoms with van der Waals surface area (Å²) in [6.07, 6.45) is 6.28. The van der Waals surface area contributed by atoms with Crippen molar-refractivity contribution in [1.82, 2.24) is 0 Å². The Morgan fingerprint density at radius 3 is 2.72 bits per heavy atom. The van der Waals surface area contributed by atoms with Gasteiger partial charge < -0.3 is 0 Å². The van der Waals surface area contributed by atoms with Gasteiger partial charge in [-0.2, -0.15) is 0 Å². The van der Waals surface area contributed by atoms with Crippen LogP contribution < -0.4 is 0 Å². The van der Waals surface area contributed by atoms with E-state index in [1.807, 2.05) is 0 Å². The molecule has 0 N–H and O–H groups in total. The summed E-state index contributed by atoms with van der Waals surface area (Å²) in [5, 5.41) is 0. The van der Waals surface area contributed by atoms with Crippen LogP contribution in [0.15, 0.2) is 48.5 Å². The lowest BCUT2D eigenvalue weighted by Gasteiger charge is -2.01. The molecule has 0 radical (unpaired) electrons. The minimum atomic E-state index is 0.687. The maximum absolute atomic E-state index is 5.67. The van der Waals surface area contributed by atoms with Gasteiger partial charge in [0.2, 0.25) is 0 Å². The fourth-order valence-corrected chi connectivity index (χ4v) is 2.68. The van der Waals surface area contributed by atoms with Crippen LogP contribution in [0.5, 0.6) is 0 Å². The van der Waals surface area contributed by atoms with Crippen LogP contribution in [0.1, 0.15) is 23.1 Å². The van der Waals surface area contributed by atoms with Crippen molar-refractivity contribution in [2.24, 2.45) is 0 Å². The normalized spacial score (nSPS) is 12.7. The summed E-state index contributed by atoms with van der Waals surface area (Å²) in [6, 6.07) is 15.4. The minimum absolute atomic E-state index is 0.687. The Hall–Kier alpha value is -1.53. The lowest BCUT2D eigenvalue weighted by Crippen LogP contribution is -1.82. The second kappa shape index (κ2) is 4.99. The molecule has 0 nitrogen and oxygen atoms in total. The molecule has 0 aromatic heterocycles. The number of hydrogen-bond donors (Lipinski definition) is 0. The third kappa shape index (κ3) is 2.09. The van der Waals surface area contributed by atoms with Gasteiger partial charge in [-0.25, -0.2) is 0 Å². The lowest BCUT2D eigenvalue weighted by atomic mass is 10.0. The molecule has 0 aliphatic heterocycles. The number of halogens is 1. The quantitative estimate of drug-likeness (QED) is 0.583. The summed E-state index contributed by atoms with van der Waals surface area (Å²) in [4.78, 5) is 0. The smallest absolute Gasteiger partial charge is 0.0258 e. The zero-order valence-corrected chi connectivity index (χ0v) is 11.0. The Bertz CT molecular complexity index is 596. The molecule has 2 aromatic carbocycles. The van der Waals surface area contributed by atoms with E-state index in [4.69, 9.17) is 11.6 Å². The van der Waals surface area contributed by atoms with Crippen LogP contribution in [0.4, 0.5) is 0 Å². The predicted octanol–water partition coefficient (Wildman–Crippen LogP) is 4.90. The summed E-state index contributed by atoms with van der Waals surface area (Å²) in [6.45, 7) is 0. The van der Waals surface area contributed by atoms with Crippen molar-refractivity contribution in [3.8, 4) is 11.1 Å². The van der Waals surface area contributed by atoms with E-state index in [0.717, 1.165) is 12.8 Å². The summed E-state index contributed by atoms with van der Waals surface area (Å²) in [7, 11) is 0. The monoisotopic (exact) mass is 254 g/mol. The van der Waals surface area contributed by atoms with Gasteiger partial charge in [-0.3, -0.25) is 0 Å². The Kier molecular flexibility index (Phi) is 3.21. The van der Waals surface area contributed by atoms with Gasteiger partial charge in [-0.05, 0) is 40.7 Å². The Balaban J connectivity index is 1.93. The van der Waals surface area contributed by atoms with Crippen molar-refractivity contribution < 1.29 is 0 Å². The van der Waals surface area contributed by atoms with Gasteiger partial charge in [0.1, 0.15) is 0 Å². The van der Waals surface area contributed by atoms with E-state index in [2.05, 4.69) is 54.6 Å². The molecule has 18 heavy (non-hydrogen) atoms. The van der Waals surface area contributed by atoms with Crippen LogP contribution in [0.2, 0.25) is 0 Å². The first kappa shape index (κ1) is 11.6. The summed E-state index contributed by atoms with van der Waals surface area (Å²) >= 11 is 5.67. The first-order valence-corrected chi connectivity index (χ1v) is 6.85. The largest absolute Gasteiger partial charge is 0.126 e. The predicted molar refractivity (Wildman–Crippen MR) is 79.1 cm³/mol.